The Bertz CT molecular complexity index is 456. The minimum Gasteiger partial charge on any atom is -0.356 e. The van der Waals surface area contributed by atoms with Gasteiger partial charge in [0.05, 0.1) is 18.0 Å². The van der Waals surface area contributed by atoms with E-state index in [9.17, 15) is 17.2 Å². The molecule has 3 N–H and O–H groups in total. The SMILES string of the molecule is Cn1ccc(S(=O)(=O)NCC(F)(F)CN)c1. The molecule has 0 aliphatic heterocycles. The number of nitrogens with two attached hydrogens (primary N) is 1. The Morgan fingerprint density at radius 1 is 1.56 bits per heavy atom. The molecule has 0 amide bonds. The lowest BCUT2D eigenvalue weighted by atomic mass is 10.3. The Kier molecular flexibility index (Phi) is 3.66. The lowest BCUT2D eigenvalue weighted by molar-refractivity contribution is 0.0170. The molecule has 0 aliphatic rings. The Balaban J connectivity index is 2.74. The van der Waals surface area contributed by atoms with E-state index in [0.29, 0.717) is 0 Å². The summed E-state index contributed by atoms with van der Waals surface area (Å²) in [6.45, 7) is -1.90. The van der Waals surface area contributed by atoms with E-state index >= 15 is 0 Å². The molecule has 0 spiro atoms. The first-order valence-electron chi connectivity index (χ1n) is 4.46. The number of alkyl halides is 2. The number of aryl methyl sites for hydroxylation is 1. The number of aromatic nitrogens is 1. The second-order valence-electron chi connectivity index (χ2n) is 3.40. The van der Waals surface area contributed by atoms with Crippen LogP contribution in [0.5, 0.6) is 0 Å². The Labute approximate surface area is 92.3 Å². The molecule has 5 nitrogen and oxygen atoms in total. The van der Waals surface area contributed by atoms with E-state index in [2.05, 4.69) is 0 Å². The average molecular weight is 253 g/mol. The molecule has 0 saturated carbocycles. The Morgan fingerprint density at radius 3 is 2.62 bits per heavy atom. The van der Waals surface area contributed by atoms with Gasteiger partial charge < -0.3 is 10.3 Å². The van der Waals surface area contributed by atoms with Gasteiger partial charge in [-0.15, -0.1) is 0 Å². The van der Waals surface area contributed by atoms with Crippen molar-refractivity contribution in [2.24, 2.45) is 12.8 Å². The van der Waals surface area contributed by atoms with Crippen molar-refractivity contribution in [3.8, 4) is 0 Å². The van der Waals surface area contributed by atoms with Crippen LogP contribution in [0.25, 0.3) is 0 Å². The maximum absolute atomic E-state index is 12.7. The van der Waals surface area contributed by atoms with Crippen LogP contribution in [-0.4, -0.2) is 32.0 Å². The van der Waals surface area contributed by atoms with Gasteiger partial charge in [0.15, 0.2) is 0 Å². The molecule has 1 aromatic heterocycles. The first-order chi connectivity index (χ1) is 7.27. The van der Waals surface area contributed by atoms with Gasteiger partial charge >= 0.3 is 0 Å². The van der Waals surface area contributed by atoms with Crippen LogP contribution in [0, 0.1) is 0 Å². The van der Waals surface area contributed by atoms with Crippen LogP contribution < -0.4 is 10.5 Å². The zero-order valence-electron chi connectivity index (χ0n) is 8.65. The summed E-state index contributed by atoms with van der Waals surface area (Å²) in [6.07, 6.45) is 2.83. The Hall–Kier alpha value is -0.990. The highest BCUT2D eigenvalue weighted by molar-refractivity contribution is 7.89. The number of nitrogens with zero attached hydrogens (tertiary/aromatic N) is 1. The van der Waals surface area contributed by atoms with E-state index in [0.717, 1.165) is 0 Å². The molecule has 0 unspecified atom stereocenters. The summed E-state index contributed by atoms with van der Waals surface area (Å²) in [5, 5.41) is 0. The van der Waals surface area contributed by atoms with Gasteiger partial charge in [-0.25, -0.2) is 21.9 Å². The number of rotatable bonds is 5. The highest BCUT2D eigenvalue weighted by atomic mass is 32.2. The third-order valence-corrected chi connectivity index (χ3v) is 3.32. The van der Waals surface area contributed by atoms with Gasteiger partial charge in [-0.05, 0) is 6.07 Å². The minimum absolute atomic E-state index is 0.0529. The molecule has 8 heteroatoms. The second kappa shape index (κ2) is 4.48. The molecule has 0 bridgehead atoms. The number of sulfonamides is 1. The monoisotopic (exact) mass is 253 g/mol. The van der Waals surface area contributed by atoms with E-state index in [4.69, 9.17) is 5.73 Å². The van der Waals surface area contributed by atoms with Gasteiger partial charge in [-0.3, -0.25) is 0 Å². The zero-order chi connectivity index (χ0) is 12.4. The topological polar surface area (TPSA) is 77.1 Å². The van der Waals surface area contributed by atoms with Crippen molar-refractivity contribution in [2.45, 2.75) is 10.8 Å². The summed E-state index contributed by atoms with van der Waals surface area (Å²) < 4.78 is 51.8. The van der Waals surface area contributed by atoms with Crippen LogP contribution in [0.1, 0.15) is 0 Å². The summed E-state index contributed by atoms with van der Waals surface area (Å²) in [6, 6.07) is 1.32. The van der Waals surface area contributed by atoms with Crippen LogP contribution in [0.2, 0.25) is 0 Å². The van der Waals surface area contributed by atoms with Crippen LogP contribution in [-0.2, 0) is 17.1 Å². The van der Waals surface area contributed by atoms with Crippen LogP contribution in [0.3, 0.4) is 0 Å². The standard InChI is InChI=1S/C8H13F2N3O2S/c1-13-3-2-7(4-13)16(14,15)12-6-8(9,10)5-11/h2-4,12H,5-6,11H2,1H3. The molecule has 0 aromatic carbocycles. The predicted octanol–water partition coefficient (Wildman–Crippen LogP) is -0.103. The van der Waals surface area contributed by atoms with Crippen molar-refractivity contribution in [3.05, 3.63) is 18.5 Å². The molecule has 1 heterocycles. The summed E-state index contributed by atoms with van der Waals surface area (Å²) in [4.78, 5) is -0.0529. The van der Waals surface area contributed by atoms with Crippen molar-refractivity contribution in [2.75, 3.05) is 13.1 Å². The van der Waals surface area contributed by atoms with Gasteiger partial charge in [0, 0.05) is 19.4 Å². The number of hydrogen-bond acceptors (Lipinski definition) is 3. The average Bonchev–Trinajstić information content (AvgIpc) is 2.63. The molecule has 0 saturated heterocycles. The molecule has 92 valence electrons. The molecule has 0 fully saturated rings. The first kappa shape index (κ1) is 13.1. The highest BCUT2D eigenvalue weighted by Crippen LogP contribution is 2.12. The number of nitrogens with one attached hydrogen (secondary N) is 1. The van der Waals surface area contributed by atoms with Crippen molar-refractivity contribution in [1.82, 2.24) is 9.29 Å². The smallest absolute Gasteiger partial charge is 0.273 e. The van der Waals surface area contributed by atoms with Crippen LogP contribution in [0.15, 0.2) is 23.4 Å². The molecule has 0 atom stereocenters. The van der Waals surface area contributed by atoms with E-state index in [1.54, 1.807) is 7.05 Å². The van der Waals surface area contributed by atoms with Gasteiger partial charge in [0.2, 0.25) is 10.0 Å². The van der Waals surface area contributed by atoms with E-state index in [1.165, 1.54) is 23.0 Å². The summed E-state index contributed by atoms with van der Waals surface area (Å²) in [7, 11) is -2.26. The second-order valence-corrected chi connectivity index (χ2v) is 5.16. The molecule has 0 aliphatic carbocycles. The van der Waals surface area contributed by atoms with Crippen molar-refractivity contribution in [1.29, 1.82) is 0 Å². The Morgan fingerprint density at radius 2 is 2.19 bits per heavy atom. The summed E-state index contributed by atoms with van der Waals surface area (Å²) >= 11 is 0. The molecule has 1 aromatic rings. The molecule has 0 radical (unpaired) electrons. The largest absolute Gasteiger partial charge is 0.356 e. The van der Waals surface area contributed by atoms with Crippen molar-refractivity contribution >= 4 is 10.0 Å². The fraction of sp³-hybridized carbons (Fsp3) is 0.500. The fourth-order valence-corrected chi connectivity index (χ4v) is 2.11. The highest BCUT2D eigenvalue weighted by Gasteiger charge is 2.29. The van der Waals surface area contributed by atoms with E-state index < -0.39 is 29.0 Å². The first-order valence-corrected chi connectivity index (χ1v) is 5.95. The van der Waals surface area contributed by atoms with Gasteiger partial charge in [-0.1, -0.05) is 0 Å². The zero-order valence-corrected chi connectivity index (χ0v) is 9.47. The van der Waals surface area contributed by atoms with Crippen molar-refractivity contribution < 1.29 is 17.2 Å². The van der Waals surface area contributed by atoms with Gasteiger partial charge in [0.25, 0.3) is 5.92 Å². The molecular weight excluding hydrogens is 240 g/mol. The van der Waals surface area contributed by atoms with Crippen molar-refractivity contribution in [3.63, 3.8) is 0 Å². The maximum Gasteiger partial charge on any atom is 0.273 e. The summed E-state index contributed by atoms with van der Waals surface area (Å²) in [5.41, 5.74) is 4.79. The van der Waals surface area contributed by atoms with E-state index in [1.807, 2.05) is 4.72 Å². The summed E-state index contributed by atoms with van der Waals surface area (Å²) in [5.74, 6) is -3.23. The lowest BCUT2D eigenvalue weighted by Gasteiger charge is -2.14. The number of hydrogen-bond donors (Lipinski definition) is 2. The predicted molar refractivity (Wildman–Crippen MR) is 54.6 cm³/mol. The van der Waals surface area contributed by atoms with Crippen LogP contribution >= 0.6 is 0 Å². The minimum atomic E-state index is -3.89. The van der Waals surface area contributed by atoms with Gasteiger partial charge in [-0.2, -0.15) is 0 Å². The molecular formula is C8H13F2N3O2S. The lowest BCUT2D eigenvalue weighted by Crippen LogP contribution is -2.41. The van der Waals surface area contributed by atoms with Crippen LogP contribution in [0.4, 0.5) is 8.78 Å². The third kappa shape index (κ3) is 3.26. The fourth-order valence-electron chi connectivity index (χ4n) is 0.993. The third-order valence-electron chi connectivity index (χ3n) is 1.93. The normalized spacial score (nSPS) is 13.0. The number of halogens is 2. The molecule has 1 rings (SSSR count). The van der Waals surface area contributed by atoms with Gasteiger partial charge in [0.1, 0.15) is 0 Å². The quantitative estimate of drug-likeness (QED) is 0.769. The van der Waals surface area contributed by atoms with E-state index in [-0.39, 0.29) is 4.90 Å². The molecule has 16 heavy (non-hydrogen) atoms. The maximum atomic E-state index is 12.7.